The van der Waals surface area contributed by atoms with Crippen molar-refractivity contribution in [2.75, 3.05) is 18.8 Å². The second kappa shape index (κ2) is 6.36. The van der Waals surface area contributed by atoms with Crippen LogP contribution in [0.15, 0.2) is 33.6 Å². The molecule has 0 bridgehead atoms. The Kier molecular flexibility index (Phi) is 5.12. The molecule has 118 valence electrons. The lowest BCUT2D eigenvalue weighted by atomic mass is 10.2. The molecule has 1 aromatic carbocycles. The van der Waals surface area contributed by atoms with E-state index in [4.69, 9.17) is 0 Å². The second-order valence-corrected chi connectivity index (χ2v) is 10.4. The lowest BCUT2D eigenvalue weighted by Crippen LogP contribution is -2.42. The number of benzene rings is 1. The number of nitrogens with zero attached hydrogens (tertiary/aromatic N) is 1. The summed E-state index contributed by atoms with van der Waals surface area (Å²) < 4.78 is 50.8. The minimum absolute atomic E-state index is 0.108. The van der Waals surface area contributed by atoms with Crippen molar-refractivity contribution in [3.8, 4) is 0 Å². The van der Waals surface area contributed by atoms with Gasteiger partial charge in [0.25, 0.3) is 0 Å². The highest BCUT2D eigenvalue weighted by Gasteiger charge is 2.33. The summed E-state index contributed by atoms with van der Waals surface area (Å²) in [6.07, 6.45) is 0.734. The Balaban J connectivity index is 2.13. The van der Waals surface area contributed by atoms with Crippen LogP contribution in [0.5, 0.6) is 0 Å². The molecule has 1 aromatic rings. The standard InChI is InChI=1S/C13H18BrNO4S2/c1-2-20(16,17)12-7-9-15(10-8-12)21(18,19)13-5-3-11(14)4-6-13/h3-6,12H,2,7-10H2,1H3. The van der Waals surface area contributed by atoms with Gasteiger partial charge < -0.3 is 0 Å². The van der Waals surface area contributed by atoms with Crippen molar-refractivity contribution in [3.63, 3.8) is 0 Å². The highest BCUT2D eigenvalue weighted by atomic mass is 79.9. The zero-order chi connectivity index (χ0) is 15.7. The van der Waals surface area contributed by atoms with Crippen LogP contribution in [-0.2, 0) is 19.9 Å². The molecular formula is C13H18BrNO4S2. The van der Waals surface area contributed by atoms with E-state index >= 15 is 0 Å². The molecule has 0 aliphatic carbocycles. The van der Waals surface area contributed by atoms with Gasteiger partial charge in [-0.1, -0.05) is 22.9 Å². The number of halogens is 1. The van der Waals surface area contributed by atoms with E-state index in [0.29, 0.717) is 12.8 Å². The van der Waals surface area contributed by atoms with Crippen molar-refractivity contribution in [1.82, 2.24) is 4.31 Å². The van der Waals surface area contributed by atoms with Gasteiger partial charge in [0.2, 0.25) is 10.0 Å². The van der Waals surface area contributed by atoms with Crippen LogP contribution in [0.2, 0.25) is 0 Å². The van der Waals surface area contributed by atoms with E-state index in [1.807, 2.05) is 0 Å². The maximum absolute atomic E-state index is 12.5. The minimum atomic E-state index is -3.54. The summed E-state index contributed by atoms with van der Waals surface area (Å²) in [5.41, 5.74) is 0. The van der Waals surface area contributed by atoms with E-state index in [1.165, 1.54) is 4.31 Å². The molecule has 0 saturated carbocycles. The number of rotatable bonds is 4. The number of hydrogen-bond acceptors (Lipinski definition) is 4. The van der Waals surface area contributed by atoms with Gasteiger partial charge in [-0.05, 0) is 37.1 Å². The Morgan fingerprint density at radius 1 is 1.10 bits per heavy atom. The van der Waals surface area contributed by atoms with Gasteiger partial charge in [0.05, 0.1) is 10.1 Å². The van der Waals surface area contributed by atoms with Crippen LogP contribution >= 0.6 is 15.9 Å². The first-order chi connectivity index (χ1) is 9.77. The van der Waals surface area contributed by atoms with Gasteiger partial charge in [0.15, 0.2) is 9.84 Å². The molecule has 1 aliphatic rings. The molecule has 1 fully saturated rings. The lowest BCUT2D eigenvalue weighted by Gasteiger charge is -2.30. The van der Waals surface area contributed by atoms with Crippen molar-refractivity contribution in [2.45, 2.75) is 29.9 Å². The summed E-state index contributed by atoms with van der Waals surface area (Å²) in [6.45, 7) is 2.13. The molecule has 0 spiro atoms. The van der Waals surface area contributed by atoms with Crippen molar-refractivity contribution in [1.29, 1.82) is 0 Å². The third kappa shape index (κ3) is 3.67. The first kappa shape index (κ1) is 16.9. The first-order valence-corrected chi connectivity index (χ1v) is 10.7. The Morgan fingerprint density at radius 2 is 1.62 bits per heavy atom. The fourth-order valence-corrected chi connectivity index (χ4v) is 5.56. The number of piperidine rings is 1. The van der Waals surface area contributed by atoms with E-state index in [-0.39, 0.29) is 23.7 Å². The molecule has 1 heterocycles. The molecule has 8 heteroatoms. The zero-order valence-corrected chi connectivity index (χ0v) is 14.9. The maximum Gasteiger partial charge on any atom is 0.243 e. The first-order valence-electron chi connectivity index (χ1n) is 6.74. The van der Waals surface area contributed by atoms with Crippen LogP contribution in [0.1, 0.15) is 19.8 Å². The van der Waals surface area contributed by atoms with Crippen molar-refractivity contribution < 1.29 is 16.8 Å². The highest BCUT2D eigenvalue weighted by Crippen LogP contribution is 2.25. The molecule has 0 atom stereocenters. The summed E-state index contributed by atoms with van der Waals surface area (Å²) in [6, 6.07) is 6.46. The quantitative estimate of drug-likeness (QED) is 0.781. The number of sulfonamides is 1. The van der Waals surface area contributed by atoms with Crippen LogP contribution < -0.4 is 0 Å². The van der Waals surface area contributed by atoms with E-state index in [9.17, 15) is 16.8 Å². The Morgan fingerprint density at radius 3 is 2.10 bits per heavy atom. The van der Waals surface area contributed by atoms with Gasteiger partial charge in [0, 0.05) is 23.3 Å². The van der Waals surface area contributed by atoms with Crippen LogP contribution in [-0.4, -0.2) is 45.2 Å². The van der Waals surface area contributed by atoms with Crippen molar-refractivity contribution in [3.05, 3.63) is 28.7 Å². The Hall–Kier alpha value is -0.440. The lowest BCUT2D eigenvalue weighted by molar-refractivity contribution is 0.345. The van der Waals surface area contributed by atoms with Gasteiger partial charge >= 0.3 is 0 Å². The third-order valence-electron chi connectivity index (χ3n) is 3.76. The predicted molar refractivity (Wildman–Crippen MR) is 85.4 cm³/mol. The largest absolute Gasteiger partial charge is 0.243 e. The molecule has 0 radical (unpaired) electrons. The van der Waals surface area contributed by atoms with E-state index in [0.717, 1.165) is 4.47 Å². The van der Waals surface area contributed by atoms with Crippen LogP contribution in [0.4, 0.5) is 0 Å². The molecule has 0 amide bonds. The van der Waals surface area contributed by atoms with Crippen molar-refractivity contribution >= 4 is 35.8 Å². The van der Waals surface area contributed by atoms with Crippen LogP contribution in [0.3, 0.4) is 0 Å². The summed E-state index contributed by atoms with van der Waals surface area (Å²) in [5, 5.41) is -0.418. The van der Waals surface area contributed by atoms with Gasteiger partial charge in [-0.15, -0.1) is 0 Å². The second-order valence-electron chi connectivity index (χ2n) is 5.01. The molecular weight excluding hydrogens is 378 g/mol. The molecule has 21 heavy (non-hydrogen) atoms. The van der Waals surface area contributed by atoms with E-state index in [2.05, 4.69) is 15.9 Å². The number of sulfone groups is 1. The van der Waals surface area contributed by atoms with Gasteiger partial charge in [-0.2, -0.15) is 4.31 Å². The minimum Gasteiger partial charge on any atom is -0.229 e. The highest BCUT2D eigenvalue weighted by molar-refractivity contribution is 9.10. The molecule has 0 aromatic heterocycles. The molecule has 1 saturated heterocycles. The van der Waals surface area contributed by atoms with Gasteiger partial charge in [-0.25, -0.2) is 16.8 Å². The van der Waals surface area contributed by atoms with Gasteiger partial charge in [0.1, 0.15) is 0 Å². The monoisotopic (exact) mass is 395 g/mol. The fourth-order valence-electron chi connectivity index (χ4n) is 2.42. The molecule has 2 rings (SSSR count). The molecule has 0 N–H and O–H groups in total. The molecule has 0 unspecified atom stereocenters. The predicted octanol–water partition coefficient (Wildman–Crippen LogP) is 2.04. The fraction of sp³-hybridized carbons (Fsp3) is 0.538. The van der Waals surface area contributed by atoms with Crippen molar-refractivity contribution in [2.24, 2.45) is 0 Å². The molecule has 1 aliphatic heterocycles. The Bertz CT molecular complexity index is 690. The normalized spacial score (nSPS) is 18.8. The zero-order valence-electron chi connectivity index (χ0n) is 11.7. The van der Waals surface area contributed by atoms with Crippen LogP contribution in [0, 0.1) is 0 Å². The number of hydrogen-bond donors (Lipinski definition) is 0. The summed E-state index contributed by atoms with van der Waals surface area (Å²) in [7, 11) is -6.62. The van der Waals surface area contributed by atoms with E-state index < -0.39 is 25.1 Å². The average Bonchev–Trinajstić information content (AvgIpc) is 2.48. The van der Waals surface area contributed by atoms with E-state index in [1.54, 1.807) is 31.2 Å². The van der Waals surface area contributed by atoms with Crippen LogP contribution in [0.25, 0.3) is 0 Å². The molecule has 5 nitrogen and oxygen atoms in total. The smallest absolute Gasteiger partial charge is 0.229 e. The average molecular weight is 396 g/mol. The maximum atomic E-state index is 12.5. The third-order valence-corrected chi connectivity index (χ3v) is 8.50. The summed E-state index contributed by atoms with van der Waals surface area (Å²) >= 11 is 3.27. The summed E-state index contributed by atoms with van der Waals surface area (Å²) in [4.78, 5) is 0.238. The SMILES string of the molecule is CCS(=O)(=O)C1CCN(S(=O)(=O)c2ccc(Br)cc2)CC1. The Labute approximate surface area is 134 Å². The summed E-state index contributed by atoms with van der Waals surface area (Å²) in [5.74, 6) is 0.108. The van der Waals surface area contributed by atoms with Gasteiger partial charge in [-0.3, -0.25) is 0 Å². The topological polar surface area (TPSA) is 71.5 Å².